The maximum Gasteiger partial charge on any atom is 0.270 e. The molecule has 3 rings (SSSR count). The number of aryl methyl sites for hydroxylation is 1. The van der Waals surface area contributed by atoms with Crippen LogP contribution >= 0.6 is 11.6 Å². The predicted molar refractivity (Wildman–Crippen MR) is 86.0 cm³/mol. The number of benzene rings is 1. The Labute approximate surface area is 134 Å². The Morgan fingerprint density at radius 1 is 1.36 bits per heavy atom. The lowest BCUT2D eigenvalue weighted by Crippen LogP contribution is -2.38. The van der Waals surface area contributed by atoms with E-state index in [0.29, 0.717) is 36.6 Å². The van der Waals surface area contributed by atoms with E-state index in [0.717, 1.165) is 5.56 Å². The lowest BCUT2D eigenvalue weighted by molar-refractivity contribution is 0.0442. The fraction of sp³-hybridized carbons (Fsp3) is 0.353. The van der Waals surface area contributed by atoms with E-state index in [1.807, 2.05) is 43.6 Å². The Morgan fingerprint density at radius 2 is 2.18 bits per heavy atom. The molecule has 0 aliphatic carbocycles. The molecule has 116 valence electrons. The zero-order valence-electron chi connectivity index (χ0n) is 12.5. The highest BCUT2D eigenvalue weighted by Gasteiger charge is 2.38. The molecule has 0 radical (unpaired) electrons. The molecule has 22 heavy (non-hydrogen) atoms. The number of β-amino-alcohol motifs (C(OH)–C–C–N with tert-alkyl or cyclic N) is 1. The van der Waals surface area contributed by atoms with Crippen LogP contribution in [0.4, 0.5) is 0 Å². The molecular weight excluding hydrogens is 300 g/mol. The van der Waals surface area contributed by atoms with Crippen LogP contribution in [0.2, 0.25) is 5.02 Å². The van der Waals surface area contributed by atoms with Crippen LogP contribution in [0.5, 0.6) is 0 Å². The fourth-order valence-electron chi connectivity index (χ4n) is 3.05. The molecule has 2 heterocycles. The van der Waals surface area contributed by atoms with Crippen molar-refractivity contribution in [3.05, 3.63) is 58.9 Å². The van der Waals surface area contributed by atoms with E-state index in [4.69, 9.17) is 11.6 Å². The van der Waals surface area contributed by atoms with Crippen LogP contribution in [-0.4, -0.2) is 39.2 Å². The summed E-state index contributed by atoms with van der Waals surface area (Å²) < 4.78 is 1.80. The van der Waals surface area contributed by atoms with Gasteiger partial charge in [-0.25, -0.2) is 0 Å². The van der Waals surface area contributed by atoms with E-state index in [2.05, 4.69) is 0 Å². The smallest absolute Gasteiger partial charge is 0.270 e. The second-order valence-electron chi connectivity index (χ2n) is 6.01. The molecule has 1 amide bonds. The standard InChI is InChI=1S/C17H19ClN2O2/c1-19-8-3-6-15(19)16(21)20-9-7-17(22,12-20)11-13-4-2-5-14(18)10-13/h2-6,8,10,22H,7,9,11-12H2,1H3. The molecule has 4 nitrogen and oxygen atoms in total. The molecule has 1 aliphatic heterocycles. The minimum absolute atomic E-state index is 0.0329. The second kappa shape index (κ2) is 5.78. The quantitative estimate of drug-likeness (QED) is 0.945. The predicted octanol–water partition coefficient (Wildman–Crippen LogP) is 2.50. The first kappa shape index (κ1) is 15.1. The summed E-state index contributed by atoms with van der Waals surface area (Å²) in [5, 5.41) is 11.4. The van der Waals surface area contributed by atoms with Crippen LogP contribution in [0.1, 0.15) is 22.5 Å². The van der Waals surface area contributed by atoms with Crippen molar-refractivity contribution in [3.8, 4) is 0 Å². The molecule has 1 unspecified atom stereocenters. The molecule has 1 aromatic heterocycles. The number of aromatic nitrogens is 1. The van der Waals surface area contributed by atoms with Crippen molar-refractivity contribution >= 4 is 17.5 Å². The van der Waals surface area contributed by atoms with Gasteiger partial charge in [-0.2, -0.15) is 0 Å². The van der Waals surface area contributed by atoms with Crippen molar-refractivity contribution in [1.29, 1.82) is 0 Å². The minimum Gasteiger partial charge on any atom is -0.388 e. The van der Waals surface area contributed by atoms with Gasteiger partial charge >= 0.3 is 0 Å². The molecule has 1 N–H and O–H groups in total. The molecule has 2 aromatic rings. The molecule has 1 saturated heterocycles. The average Bonchev–Trinajstić information content (AvgIpc) is 3.04. The van der Waals surface area contributed by atoms with Crippen molar-refractivity contribution in [3.63, 3.8) is 0 Å². The number of likely N-dealkylation sites (tertiary alicyclic amines) is 1. The van der Waals surface area contributed by atoms with E-state index in [9.17, 15) is 9.90 Å². The van der Waals surface area contributed by atoms with Crippen LogP contribution in [0.15, 0.2) is 42.6 Å². The first-order chi connectivity index (χ1) is 10.5. The van der Waals surface area contributed by atoms with Crippen molar-refractivity contribution in [2.75, 3.05) is 13.1 Å². The summed E-state index contributed by atoms with van der Waals surface area (Å²) in [6.45, 7) is 0.921. The van der Waals surface area contributed by atoms with Crippen LogP contribution in [0, 0.1) is 0 Å². The topological polar surface area (TPSA) is 45.5 Å². The van der Waals surface area contributed by atoms with Gasteiger partial charge in [0.2, 0.25) is 0 Å². The third kappa shape index (κ3) is 3.03. The van der Waals surface area contributed by atoms with Gasteiger partial charge in [0.15, 0.2) is 0 Å². The third-order valence-corrected chi connectivity index (χ3v) is 4.44. The van der Waals surface area contributed by atoms with Crippen LogP contribution in [0.25, 0.3) is 0 Å². The van der Waals surface area contributed by atoms with Gasteiger partial charge in [0.1, 0.15) is 5.69 Å². The van der Waals surface area contributed by atoms with Crippen molar-refractivity contribution in [1.82, 2.24) is 9.47 Å². The van der Waals surface area contributed by atoms with Crippen LogP contribution in [-0.2, 0) is 13.5 Å². The Morgan fingerprint density at radius 3 is 2.86 bits per heavy atom. The lowest BCUT2D eigenvalue weighted by atomic mass is 9.94. The van der Waals surface area contributed by atoms with Gasteiger partial charge in [-0.15, -0.1) is 0 Å². The highest BCUT2D eigenvalue weighted by atomic mass is 35.5. The van der Waals surface area contributed by atoms with E-state index in [1.54, 1.807) is 15.5 Å². The number of halogens is 1. The second-order valence-corrected chi connectivity index (χ2v) is 6.45. The van der Waals surface area contributed by atoms with E-state index < -0.39 is 5.60 Å². The van der Waals surface area contributed by atoms with Crippen molar-refractivity contribution < 1.29 is 9.90 Å². The third-order valence-electron chi connectivity index (χ3n) is 4.20. The average molecular weight is 319 g/mol. The van der Waals surface area contributed by atoms with Gasteiger partial charge in [0, 0.05) is 31.2 Å². The first-order valence-electron chi connectivity index (χ1n) is 7.34. The summed E-state index contributed by atoms with van der Waals surface area (Å²) in [6.07, 6.45) is 2.93. The number of aliphatic hydroxyl groups is 1. The minimum atomic E-state index is -0.883. The zero-order chi connectivity index (χ0) is 15.7. The lowest BCUT2D eigenvalue weighted by Gasteiger charge is -2.23. The zero-order valence-corrected chi connectivity index (χ0v) is 13.3. The molecule has 0 saturated carbocycles. The van der Waals surface area contributed by atoms with Crippen LogP contribution in [0.3, 0.4) is 0 Å². The van der Waals surface area contributed by atoms with Gasteiger partial charge in [0.05, 0.1) is 12.1 Å². The highest BCUT2D eigenvalue weighted by Crippen LogP contribution is 2.27. The number of hydrogen-bond acceptors (Lipinski definition) is 2. The van der Waals surface area contributed by atoms with E-state index >= 15 is 0 Å². The Bertz CT molecular complexity index is 697. The highest BCUT2D eigenvalue weighted by molar-refractivity contribution is 6.30. The summed E-state index contributed by atoms with van der Waals surface area (Å²) in [5.41, 5.74) is 0.751. The summed E-state index contributed by atoms with van der Waals surface area (Å²) in [6, 6.07) is 11.2. The fourth-order valence-corrected chi connectivity index (χ4v) is 3.26. The number of nitrogens with zero attached hydrogens (tertiary/aromatic N) is 2. The van der Waals surface area contributed by atoms with Crippen molar-refractivity contribution in [2.45, 2.75) is 18.4 Å². The maximum atomic E-state index is 12.5. The maximum absolute atomic E-state index is 12.5. The number of rotatable bonds is 3. The molecule has 5 heteroatoms. The molecule has 0 bridgehead atoms. The van der Waals surface area contributed by atoms with Gasteiger partial charge in [0.25, 0.3) is 5.91 Å². The number of carbonyl (C=O) groups is 1. The van der Waals surface area contributed by atoms with E-state index in [1.165, 1.54) is 0 Å². The molecular formula is C17H19ClN2O2. The molecule has 0 spiro atoms. The molecule has 1 aliphatic rings. The van der Waals surface area contributed by atoms with Gasteiger partial charge in [-0.1, -0.05) is 23.7 Å². The molecule has 1 atom stereocenters. The largest absolute Gasteiger partial charge is 0.388 e. The number of carbonyl (C=O) groups excluding carboxylic acids is 1. The summed E-state index contributed by atoms with van der Waals surface area (Å²) in [4.78, 5) is 14.2. The monoisotopic (exact) mass is 318 g/mol. The normalized spacial score (nSPS) is 21.3. The summed E-state index contributed by atoms with van der Waals surface area (Å²) >= 11 is 5.99. The Balaban J connectivity index is 1.71. The van der Waals surface area contributed by atoms with Gasteiger partial charge < -0.3 is 14.6 Å². The first-order valence-corrected chi connectivity index (χ1v) is 7.72. The summed E-state index contributed by atoms with van der Waals surface area (Å²) in [7, 11) is 1.85. The Kier molecular flexibility index (Phi) is 3.98. The van der Waals surface area contributed by atoms with Gasteiger partial charge in [-0.05, 0) is 36.2 Å². The van der Waals surface area contributed by atoms with Gasteiger partial charge in [-0.3, -0.25) is 4.79 Å². The number of hydrogen-bond donors (Lipinski definition) is 1. The molecule has 1 fully saturated rings. The van der Waals surface area contributed by atoms with Crippen molar-refractivity contribution in [2.24, 2.45) is 7.05 Å². The van der Waals surface area contributed by atoms with E-state index in [-0.39, 0.29) is 5.91 Å². The Hall–Kier alpha value is -1.78. The van der Waals surface area contributed by atoms with Crippen LogP contribution < -0.4 is 0 Å². The molecule has 1 aromatic carbocycles. The SMILES string of the molecule is Cn1cccc1C(=O)N1CCC(O)(Cc2cccc(Cl)c2)C1. The number of amides is 1. The summed E-state index contributed by atoms with van der Waals surface area (Å²) in [5.74, 6) is -0.0329.